The van der Waals surface area contributed by atoms with Gasteiger partial charge in [-0.25, -0.2) is 0 Å². The maximum absolute atomic E-state index is 13.3. The molecule has 0 amide bonds. The zero-order chi connectivity index (χ0) is 23.7. The fourth-order valence-corrected chi connectivity index (χ4v) is 5.05. The number of H-pyrrole nitrogens is 1. The Morgan fingerprint density at radius 2 is 1.94 bits per heavy atom. The molecule has 1 atom stereocenters. The van der Waals surface area contributed by atoms with Gasteiger partial charge in [-0.2, -0.15) is 0 Å². The molecular weight excluding hydrogens is 472 g/mol. The van der Waals surface area contributed by atoms with Crippen molar-refractivity contribution >= 4 is 29.1 Å². The number of phenols is 1. The van der Waals surface area contributed by atoms with Crippen molar-refractivity contribution in [2.75, 3.05) is 11.9 Å². The number of aromatic nitrogens is 3. The van der Waals surface area contributed by atoms with Gasteiger partial charge in [-0.3, -0.25) is 9.78 Å². The second-order valence-electron chi connectivity index (χ2n) is 7.69. The number of rotatable bonds is 6. The molecule has 4 aromatic rings. The van der Waals surface area contributed by atoms with Gasteiger partial charge in [-0.15, -0.1) is 0 Å². The minimum Gasteiger partial charge on any atom is -0.504 e. The first kappa shape index (κ1) is 22.3. The molecule has 34 heavy (non-hydrogen) atoms. The Bertz CT molecular complexity index is 1430. The topological polar surface area (TPSA) is 91.1 Å². The molecule has 0 radical (unpaired) electrons. The summed E-state index contributed by atoms with van der Waals surface area (Å²) in [4.78, 5) is 16.2. The van der Waals surface area contributed by atoms with E-state index in [0.29, 0.717) is 34.0 Å². The van der Waals surface area contributed by atoms with Gasteiger partial charge in [-0.1, -0.05) is 53.7 Å². The van der Waals surface area contributed by atoms with Crippen LogP contribution in [0.1, 0.15) is 24.2 Å². The van der Waals surface area contributed by atoms with E-state index in [0.717, 1.165) is 22.4 Å². The summed E-state index contributed by atoms with van der Waals surface area (Å²) in [7, 11) is 0. The highest BCUT2D eigenvalue weighted by Crippen LogP contribution is 2.35. The molecule has 0 fully saturated rings. The van der Waals surface area contributed by atoms with Crippen LogP contribution in [0.2, 0.25) is 5.02 Å². The molecule has 2 heterocycles. The maximum atomic E-state index is 13.3. The molecule has 7 nitrogen and oxygen atoms in total. The highest BCUT2D eigenvalue weighted by Gasteiger charge is 2.38. The van der Waals surface area contributed by atoms with E-state index >= 15 is 0 Å². The average molecular weight is 494 g/mol. The molecule has 1 aliphatic heterocycles. The third-order valence-electron chi connectivity index (χ3n) is 5.50. The number of aromatic amines is 1. The fraction of sp³-hybridized carbons (Fsp3) is 0.160. The summed E-state index contributed by atoms with van der Waals surface area (Å²) in [5.74, 6) is 0.993. The van der Waals surface area contributed by atoms with Crippen LogP contribution in [-0.4, -0.2) is 21.8 Å². The Balaban J connectivity index is 1.59. The molecule has 0 saturated carbocycles. The molecule has 3 aromatic carbocycles. The second-order valence-corrected chi connectivity index (χ2v) is 9.06. The van der Waals surface area contributed by atoms with Gasteiger partial charge in [-0.05, 0) is 53.6 Å². The maximum Gasteiger partial charge on any atom is 0.325 e. The molecule has 9 heteroatoms. The van der Waals surface area contributed by atoms with Crippen LogP contribution in [0, 0.1) is 0 Å². The van der Waals surface area contributed by atoms with Crippen molar-refractivity contribution in [1.82, 2.24) is 10.1 Å². The van der Waals surface area contributed by atoms with Crippen LogP contribution in [0.3, 0.4) is 0 Å². The first-order chi connectivity index (χ1) is 16.5. The molecule has 0 unspecified atom stereocenters. The number of anilines is 1. The predicted octanol–water partition coefficient (Wildman–Crippen LogP) is 4.75. The number of hydrogen-bond donors (Lipinski definition) is 3. The predicted molar refractivity (Wildman–Crippen MR) is 133 cm³/mol. The molecule has 0 saturated heterocycles. The van der Waals surface area contributed by atoms with Crippen LogP contribution in [0.15, 0.2) is 76.7 Å². The van der Waals surface area contributed by atoms with Gasteiger partial charge < -0.3 is 15.2 Å². The Hall–Kier alpha value is -3.49. The quantitative estimate of drug-likeness (QED) is 0.265. The van der Waals surface area contributed by atoms with E-state index in [1.165, 1.54) is 11.8 Å². The van der Waals surface area contributed by atoms with E-state index in [-0.39, 0.29) is 11.3 Å². The van der Waals surface area contributed by atoms with Crippen LogP contribution in [0.5, 0.6) is 11.5 Å². The SMILES string of the molecule is CCOc1cc([C@H]2Nc3ccccc3-c3c(=O)[nH]c(SCc4ccccc4Cl)n[n+]32)ccc1O. The Morgan fingerprint density at radius 3 is 2.76 bits per heavy atom. The lowest BCUT2D eigenvalue weighted by Crippen LogP contribution is -2.55. The van der Waals surface area contributed by atoms with E-state index < -0.39 is 6.17 Å². The first-order valence-electron chi connectivity index (χ1n) is 10.8. The normalized spacial score (nSPS) is 14.1. The number of phenolic OH excluding ortho intramolecular Hbond substituents is 1. The van der Waals surface area contributed by atoms with E-state index in [1.807, 2.05) is 55.5 Å². The summed E-state index contributed by atoms with van der Waals surface area (Å²) in [6.07, 6.45) is -0.480. The minimum atomic E-state index is -0.480. The average Bonchev–Trinajstić information content (AvgIpc) is 2.84. The van der Waals surface area contributed by atoms with Gasteiger partial charge in [0.15, 0.2) is 11.5 Å². The summed E-state index contributed by atoms with van der Waals surface area (Å²) in [6.45, 7) is 2.28. The zero-order valence-electron chi connectivity index (χ0n) is 18.3. The molecule has 0 bridgehead atoms. The first-order valence-corrected chi connectivity index (χ1v) is 12.2. The van der Waals surface area contributed by atoms with Gasteiger partial charge in [0.2, 0.25) is 5.16 Å². The van der Waals surface area contributed by atoms with Crippen LogP contribution >= 0.6 is 23.4 Å². The Labute approximate surface area is 205 Å². The van der Waals surface area contributed by atoms with E-state index in [4.69, 9.17) is 21.4 Å². The van der Waals surface area contributed by atoms with Gasteiger partial charge in [0.1, 0.15) is 0 Å². The summed E-state index contributed by atoms with van der Waals surface area (Å²) in [5, 5.41) is 19.6. The van der Waals surface area contributed by atoms with Crippen LogP contribution in [0.25, 0.3) is 11.3 Å². The standard InChI is InChI=1S/C25H21ClN4O3S/c1-2-33-21-13-15(11-12-20(21)31)23-27-19-10-6-4-8-17(19)22-24(32)28-25(29-30(22)23)34-14-16-7-3-5-9-18(16)26/h3-13,23H,2,14H2,1H3,(H2,28,29,31,32)/p+1/t23-/m0/s1. The Morgan fingerprint density at radius 1 is 1.15 bits per heavy atom. The lowest BCUT2D eigenvalue weighted by Gasteiger charge is -2.22. The fourth-order valence-electron chi connectivity index (χ4n) is 3.91. The zero-order valence-corrected chi connectivity index (χ0v) is 19.9. The van der Waals surface area contributed by atoms with Crippen molar-refractivity contribution in [2.24, 2.45) is 0 Å². The molecule has 172 valence electrons. The third kappa shape index (κ3) is 4.22. The van der Waals surface area contributed by atoms with Gasteiger partial charge in [0.25, 0.3) is 6.17 Å². The number of ether oxygens (including phenoxy) is 1. The van der Waals surface area contributed by atoms with Crippen molar-refractivity contribution < 1.29 is 14.5 Å². The van der Waals surface area contributed by atoms with Crippen molar-refractivity contribution in [3.8, 4) is 22.8 Å². The van der Waals surface area contributed by atoms with Crippen molar-refractivity contribution in [1.29, 1.82) is 0 Å². The van der Waals surface area contributed by atoms with E-state index in [2.05, 4.69) is 10.3 Å². The van der Waals surface area contributed by atoms with Crippen molar-refractivity contribution in [3.63, 3.8) is 0 Å². The van der Waals surface area contributed by atoms with Crippen LogP contribution < -0.4 is 20.3 Å². The molecule has 1 aliphatic rings. The molecule has 1 aromatic heterocycles. The number of thioether (sulfide) groups is 1. The summed E-state index contributed by atoms with van der Waals surface area (Å²) in [6, 6.07) is 20.4. The minimum absolute atomic E-state index is 0.0573. The number of fused-ring (bicyclic) bond motifs is 3. The van der Waals surface area contributed by atoms with E-state index in [1.54, 1.807) is 22.9 Å². The smallest absolute Gasteiger partial charge is 0.325 e. The van der Waals surface area contributed by atoms with Gasteiger partial charge in [0.05, 0.1) is 17.9 Å². The summed E-state index contributed by atoms with van der Waals surface area (Å²) < 4.78 is 7.27. The number of nitrogens with zero attached hydrogens (tertiary/aromatic N) is 2. The molecule has 3 N–H and O–H groups in total. The van der Waals surface area contributed by atoms with E-state index in [9.17, 15) is 9.90 Å². The molecule has 0 aliphatic carbocycles. The number of para-hydroxylation sites is 1. The number of halogens is 1. The van der Waals surface area contributed by atoms with Crippen molar-refractivity contribution in [2.45, 2.75) is 24.0 Å². The van der Waals surface area contributed by atoms with Crippen LogP contribution in [-0.2, 0) is 5.75 Å². The third-order valence-corrected chi connectivity index (χ3v) is 6.79. The number of benzene rings is 3. The molecule has 0 spiro atoms. The number of hydrogen-bond acceptors (Lipinski definition) is 6. The summed E-state index contributed by atoms with van der Waals surface area (Å²) in [5.41, 5.74) is 3.55. The highest BCUT2D eigenvalue weighted by atomic mass is 35.5. The molecular formula is C25H22ClN4O3S+. The highest BCUT2D eigenvalue weighted by molar-refractivity contribution is 7.98. The molecule has 5 rings (SSSR count). The largest absolute Gasteiger partial charge is 0.504 e. The van der Waals surface area contributed by atoms with Crippen LogP contribution in [0.4, 0.5) is 5.69 Å². The number of aromatic hydroxyl groups is 1. The second kappa shape index (κ2) is 9.40. The van der Waals surface area contributed by atoms with Gasteiger partial charge >= 0.3 is 11.3 Å². The monoisotopic (exact) mass is 493 g/mol. The Kier molecular flexibility index (Phi) is 6.17. The van der Waals surface area contributed by atoms with Crippen molar-refractivity contribution in [3.05, 3.63) is 93.2 Å². The lowest BCUT2D eigenvalue weighted by molar-refractivity contribution is -0.759. The lowest BCUT2D eigenvalue weighted by atomic mass is 10.0. The van der Waals surface area contributed by atoms with Gasteiger partial charge in [0, 0.05) is 21.4 Å². The summed E-state index contributed by atoms with van der Waals surface area (Å²) >= 11 is 7.70. The number of nitrogens with one attached hydrogen (secondary N) is 2.